The number of benzene rings is 3. The Kier molecular flexibility index (Phi) is 3.87. The van der Waals surface area contributed by atoms with Crippen molar-refractivity contribution in [3.63, 3.8) is 0 Å². The molecule has 0 aromatic heterocycles. The third-order valence-electron chi connectivity index (χ3n) is 3.40. The monoisotopic (exact) mass is 300 g/mol. The molecule has 1 heteroatoms. The van der Waals surface area contributed by atoms with Crippen molar-refractivity contribution in [3.05, 3.63) is 91.0 Å². The first-order valence-electron chi connectivity index (χ1n) is 6.60. The summed E-state index contributed by atoms with van der Waals surface area (Å²) in [5.41, 5.74) is 0. The quantitative estimate of drug-likeness (QED) is 0.651. The molecular formula is C18H15Ga-. The van der Waals surface area contributed by atoms with Crippen LogP contribution in [0.1, 0.15) is 0 Å². The Bertz CT molecular complexity index is 524. The standard InChI is InChI=1S/3C6H5.Ga/c3*1-2-4-6-5-3-1;/h3*1-5H;/q;;;-1. The fraction of sp³-hybridized carbons (Fsp3) is 0. The van der Waals surface area contributed by atoms with E-state index < -0.39 is 16.2 Å². The molecule has 3 aromatic carbocycles. The van der Waals surface area contributed by atoms with Crippen LogP contribution in [-0.2, 0) is 0 Å². The van der Waals surface area contributed by atoms with Crippen LogP contribution >= 0.6 is 0 Å². The Morgan fingerprint density at radius 1 is 0.368 bits per heavy atom. The molecule has 0 N–H and O–H groups in total. The summed E-state index contributed by atoms with van der Waals surface area (Å²) in [6.07, 6.45) is 0. The van der Waals surface area contributed by atoms with E-state index in [9.17, 15) is 0 Å². The molecule has 3 rings (SSSR count). The summed E-state index contributed by atoms with van der Waals surface area (Å²) in [6.45, 7) is 0. The van der Waals surface area contributed by atoms with E-state index >= 15 is 0 Å². The van der Waals surface area contributed by atoms with E-state index in [0.717, 1.165) is 0 Å². The predicted molar refractivity (Wildman–Crippen MR) is 84.0 cm³/mol. The van der Waals surface area contributed by atoms with Crippen LogP contribution in [0, 0.1) is 0 Å². The first-order valence-corrected chi connectivity index (χ1v) is 10.2. The van der Waals surface area contributed by atoms with Crippen molar-refractivity contribution < 1.29 is 0 Å². The zero-order valence-corrected chi connectivity index (χ0v) is 13.2. The fourth-order valence-corrected chi connectivity index (χ4v) is 8.76. The summed E-state index contributed by atoms with van der Waals surface area (Å²) < 4.78 is 4.56. The van der Waals surface area contributed by atoms with E-state index in [2.05, 4.69) is 91.0 Å². The van der Waals surface area contributed by atoms with Crippen LogP contribution < -0.4 is 12.4 Å². The van der Waals surface area contributed by atoms with Gasteiger partial charge in [0.1, 0.15) is 0 Å². The third kappa shape index (κ3) is 2.83. The first-order chi connectivity index (χ1) is 9.45. The van der Waals surface area contributed by atoms with Gasteiger partial charge in [0, 0.05) is 0 Å². The molecule has 91 valence electrons. The summed E-state index contributed by atoms with van der Waals surface area (Å²) >= 11 is -1.87. The summed E-state index contributed by atoms with van der Waals surface area (Å²) in [5, 5.41) is 0. The van der Waals surface area contributed by atoms with Crippen molar-refractivity contribution in [2.45, 2.75) is 0 Å². The van der Waals surface area contributed by atoms with Crippen molar-refractivity contribution in [2.75, 3.05) is 0 Å². The van der Waals surface area contributed by atoms with E-state index in [4.69, 9.17) is 0 Å². The van der Waals surface area contributed by atoms with Crippen LogP contribution in [0.2, 0.25) is 0 Å². The average molecular weight is 301 g/mol. The molecule has 0 aliphatic rings. The molecule has 0 aliphatic carbocycles. The molecule has 0 nitrogen and oxygen atoms in total. The van der Waals surface area contributed by atoms with Gasteiger partial charge in [-0.05, 0) is 0 Å². The number of hydrogen-bond acceptors (Lipinski definition) is 0. The third-order valence-corrected chi connectivity index (χ3v) is 10.0. The molecule has 0 atom stereocenters. The zero-order valence-electron chi connectivity index (χ0n) is 10.7. The molecule has 0 bridgehead atoms. The Hall–Kier alpha value is -1.70. The van der Waals surface area contributed by atoms with Crippen LogP contribution in [0.15, 0.2) is 91.0 Å². The molecule has 0 saturated heterocycles. The molecular weight excluding hydrogens is 286 g/mol. The van der Waals surface area contributed by atoms with Crippen LogP contribution in [0.5, 0.6) is 0 Å². The SMILES string of the molecule is c1cc[c]([Ga-]([c]2ccccc2)[c]2ccccc2)cc1. The van der Waals surface area contributed by atoms with Gasteiger partial charge in [-0.2, -0.15) is 0 Å². The number of hydrogen-bond donors (Lipinski definition) is 0. The summed E-state index contributed by atoms with van der Waals surface area (Å²) in [6, 6.07) is 32.9. The predicted octanol–water partition coefficient (Wildman–Crippen LogP) is 2.20. The first kappa shape index (κ1) is 12.3. The molecule has 0 fully saturated rings. The maximum atomic E-state index is 2.28. The van der Waals surface area contributed by atoms with Crippen LogP contribution in [0.25, 0.3) is 0 Å². The second-order valence-corrected chi connectivity index (χ2v) is 10.7. The second kappa shape index (κ2) is 5.96. The van der Waals surface area contributed by atoms with Crippen molar-refractivity contribution >= 4 is 28.6 Å². The molecule has 0 saturated carbocycles. The van der Waals surface area contributed by atoms with Crippen LogP contribution in [-0.4, -0.2) is 16.2 Å². The molecule has 1 radical (unpaired) electrons. The van der Waals surface area contributed by atoms with Gasteiger partial charge in [0.25, 0.3) is 0 Å². The van der Waals surface area contributed by atoms with Gasteiger partial charge < -0.3 is 0 Å². The van der Waals surface area contributed by atoms with Gasteiger partial charge in [0.15, 0.2) is 0 Å². The van der Waals surface area contributed by atoms with E-state index in [-0.39, 0.29) is 0 Å². The number of rotatable bonds is 3. The van der Waals surface area contributed by atoms with Crippen molar-refractivity contribution in [1.82, 2.24) is 0 Å². The minimum atomic E-state index is -1.87. The molecule has 0 unspecified atom stereocenters. The Morgan fingerprint density at radius 3 is 0.895 bits per heavy atom. The van der Waals surface area contributed by atoms with E-state index in [1.165, 1.54) is 12.4 Å². The van der Waals surface area contributed by atoms with E-state index in [1.54, 1.807) is 0 Å². The summed E-state index contributed by atoms with van der Waals surface area (Å²) in [7, 11) is 0. The van der Waals surface area contributed by atoms with E-state index in [0.29, 0.717) is 0 Å². The Balaban J connectivity index is 2.12. The van der Waals surface area contributed by atoms with Gasteiger partial charge >= 0.3 is 120 Å². The average Bonchev–Trinajstić information content (AvgIpc) is 2.51. The summed E-state index contributed by atoms with van der Waals surface area (Å²) in [4.78, 5) is 0. The van der Waals surface area contributed by atoms with Gasteiger partial charge in [-0.25, -0.2) is 0 Å². The molecule has 19 heavy (non-hydrogen) atoms. The van der Waals surface area contributed by atoms with Crippen LogP contribution in [0.3, 0.4) is 0 Å². The fourth-order valence-electron chi connectivity index (χ4n) is 2.51. The van der Waals surface area contributed by atoms with Crippen molar-refractivity contribution in [1.29, 1.82) is 0 Å². The van der Waals surface area contributed by atoms with Gasteiger partial charge in [-0.3, -0.25) is 0 Å². The topological polar surface area (TPSA) is 0 Å². The van der Waals surface area contributed by atoms with Gasteiger partial charge in [-0.15, -0.1) is 0 Å². The molecule has 0 amide bonds. The zero-order chi connectivity index (χ0) is 12.9. The van der Waals surface area contributed by atoms with E-state index in [1.807, 2.05) is 0 Å². The molecule has 0 heterocycles. The van der Waals surface area contributed by atoms with Gasteiger partial charge in [0.2, 0.25) is 0 Å². The van der Waals surface area contributed by atoms with Crippen molar-refractivity contribution in [3.8, 4) is 0 Å². The summed E-state index contributed by atoms with van der Waals surface area (Å²) in [5.74, 6) is 0. The molecule has 0 spiro atoms. The minimum absolute atomic E-state index is 1.52. The second-order valence-electron chi connectivity index (χ2n) is 4.67. The molecule has 0 aliphatic heterocycles. The Morgan fingerprint density at radius 2 is 0.632 bits per heavy atom. The maximum absolute atomic E-state index is 2.28. The van der Waals surface area contributed by atoms with Gasteiger partial charge in [-0.1, -0.05) is 0 Å². The Labute approximate surface area is 119 Å². The van der Waals surface area contributed by atoms with Gasteiger partial charge in [0.05, 0.1) is 0 Å². The van der Waals surface area contributed by atoms with Crippen LogP contribution in [0.4, 0.5) is 0 Å². The normalized spacial score (nSPS) is 10.6. The van der Waals surface area contributed by atoms with Crippen molar-refractivity contribution in [2.24, 2.45) is 0 Å². The molecule has 3 aromatic rings.